The molecule has 0 rings (SSSR count). The number of allylic oxidation sites excluding steroid dienone is 1. The van der Waals surface area contributed by atoms with E-state index in [-0.39, 0.29) is 5.78 Å². The van der Waals surface area contributed by atoms with Crippen molar-refractivity contribution >= 4 is 16.2 Å². The molecule has 0 fully saturated rings. The molecule has 7 heteroatoms. The number of Topliss-reactive ketones (excluding diaryl/α,β-unsaturated/α-hetero) is 1. The molecule has 0 aliphatic heterocycles. The van der Waals surface area contributed by atoms with Gasteiger partial charge in [0.15, 0.2) is 0 Å². The molecule has 3 unspecified atom stereocenters. The molecule has 0 heterocycles. The lowest BCUT2D eigenvalue weighted by molar-refractivity contribution is -0.117. The van der Waals surface area contributed by atoms with Crippen LogP contribution >= 0.6 is 0 Å². The van der Waals surface area contributed by atoms with Gasteiger partial charge in [0, 0.05) is 6.42 Å². The summed E-state index contributed by atoms with van der Waals surface area (Å²) in [5, 5.41) is 10.4. The summed E-state index contributed by atoms with van der Waals surface area (Å²) >= 11 is 0. The lowest BCUT2D eigenvalue weighted by Crippen LogP contribution is -2.29. The molecular formula is C31H60O6S. The molecule has 0 amide bonds. The predicted octanol–water partition coefficient (Wildman–Crippen LogP) is 8.92. The molecule has 2 N–H and O–H groups in total. The first-order chi connectivity index (χ1) is 18.2. The second-order valence-corrected chi connectivity index (χ2v) is 12.4. The van der Waals surface area contributed by atoms with Gasteiger partial charge < -0.3 is 9.90 Å². The van der Waals surface area contributed by atoms with E-state index >= 15 is 0 Å². The summed E-state index contributed by atoms with van der Waals surface area (Å²) in [5.41, 5.74) is 0. The van der Waals surface area contributed by atoms with Crippen LogP contribution in [0.1, 0.15) is 162 Å². The zero-order valence-corrected chi connectivity index (χ0v) is 25.7. The number of carbonyl (C=O) groups excluding carboxylic acids is 1. The average molecular weight is 561 g/mol. The molecule has 0 aliphatic rings. The number of hydrogen-bond donors (Lipinski definition) is 2. The Morgan fingerprint density at radius 1 is 0.763 bits per heavy atom. The molecule has 0 spiro atoms. The number of aliphatic hydroxyl groups excluding tert-OH is 1. The lowest BCUT2D eigenvalue weighted by Gasteiger charge is -2.19. The minimum atomic E-state index is -4.62. The average Bonchev–Trinajstić information content (AvgIpc) is 2.85. The summed E-state index contributed by atoms with van der Waals surface area (Å²) in [5.74, 6) is 1.08. The van der Waals surface area contributed by atoms with Gasteiger partial charge in [0.05, 0.1) is 6.10 Å². The fourth-order valence-corrected chi connectivity index (χ4v) is 5.29. The molecule has 38 heavy (non-hydrogen) atoms. The van der Waals surface area contributed by atoms with Gasteiger partial charge in [0.2, 0.25) is 0 Å². The summed E-state index contributed by atoms with van der Waals surface area (Å²) in [7, 11) is -4.62. The van der Waals surface area contributed by atoms with Gasteiger partial charge in [-0.2, -0.15) is 8.42 Å². The normalized spacial score (nSPS) is 14.7. The monoisotopic (exact) mass is 560 g/mol. The first kappa shape index (κ1) is 37.2. The molecule has 226 valence electrons. The Morgan fingerprint density at radius 3 is 1.68 bits per heavy atom. The molecule has 6 nitrogen and oxygen atoms in total. The van der Waals surface area contributed by atoms with Crippen molar-refractivity contribution in [1.29, 1.82) is 0 Å². The second kappa shape index (κ2) is 25.2. The molecule has 0 bridgehead atoms. The van der Waals surface area contributed by atoms with Crippen molar-refractivity contribution in [1.82, 2.24) is 0 Å². The fraction of sp³-hybridized carbons (Fsp3) is 0.903. The van der Waals surface area contributed by atoms with Gasteiger partial charge in [0.25, 0.3) is 0 Å². The first-order valence-corrected chi connectivity index (χ1v) is 17.0. The number of carbonyl (C=O) groups is 1. The molecule has 0 radical (unpaired) electrons. The summed E-state index contributed by atoms with van der Waals surface area (Å²) in [6, 6.07) is 0. The van der Waals surface area contributed by atoms with E-state index in [1.165, 1.54) is 77.0 Å². The highest BCUT2D eigenvalue weighted by Crippen LogP contribution is 2.18. The molecule has 0 aromatic rings. The minimum absolute atomic E-state index is 0.195. The summed E-state index contributed by atoms with van der Waals surface area (Å²) in [6.45, 7) is 6.23. The Hall–Kier alpha value is -0.760. The maximum atomic E-state index is 11.2. The lowest BCUT2D eigenvalue weighted by atomic mass is 9.99. The Kier molecular flexibility index (Phi) is 24.7. The number of aliphatic hydroxyl groups is 1. The molecule has 3 atom stereocenters. The Morgan fingerprint density at radius 2 is 1.21 bits per heavy atom. The third-order valence-corrected chi connectivity index (χ3v) is 7.98. The van der Waals surface area contributed by atoms with E-state index in [1.54, 1.807) is 13.0 Å². The second-order valence-electron chi connectivity index (χ2n) is 11.3. The first-order valence-electron chi connectivity index (χ1n) is 15.7. The van der Waals surface area contributed by atoms with Crippen LogP contribution in [0.2, 0.25) is 0 Å². The molecular weight excluding hydrogens is 500 g/mol. The van der Waals surface area contributed by atoms with E-state index in [2.05, 4.69) is 13.8 Å². The largest absolute Gasteiger partial charge is 0.397 e. The van der Waals surface area contributed by atoms with Gasteiger partial charge in [-0.3, -0.25) is 4.55 Å². The highest BCUT2D eigenvalue weighted by Gasteiger charge is 2.23. The van der Waals surface area contributed by atoms with Gasteiger partial charge in [-0.25, -0.2) is 4.18 Å². The third-order valence-electron chi connectivity index (χ3n) is 7.49. The highest BCUT2D eigenvalue weighted by atomic mass is 32.3. The zero-order valence-electron chi connectivity index (χ0n) is 24.9. The predicted molar refractivity (Wildman–Crippen MR) is 159 cm³/mol. The van der Waals surface area contributed by atoms with Crippen LogP contribution in [-0.2, 0) is 19.4 Å². The Labute approximate surface area is 235 Å². The topological polar surface area (TPSA) is 101 Å². The van der Waals surface area contributed by atoms with Crippen molar-refractivity contribution in [3.05, 3.63) is 12.2 Å². The minimum Gasteiger partial charge on any atom is -0.386 e. The van der Waals surface area contributed by atoms with Gasteiger partial charge >= 0.3 is 10.4 Å². The van der Waals surface area contributed by atoms with Gasteiger partial charge in [-0.15, -0.1) is 0 Å². The molecule has 0 saturated carbocycles. The van der Waals surface area contributed by atoms with Crippen molar-refractivity contribution in [3.8, 4) is 0 Å². The molecule has 0 aromatic heterocycles. The summed E-state index contributed by atoms with van der Waals surface area (Å²) in [4.78, 5) is 11.0. The Bertz CT molecular complexity index is 676. The molecule has 0 aromatic carbocycles. The highest BCUT2D eigenvalue weighted by molar-refractivity contribution is 7.80. The standard InChI is InChI=1S/C31H60O6S/c1-4-28(2)24-20-16-13-11-9-7-5-6-8-10-12-14-18-22-26-30(33)31(37-38(34,35)36)27-23-19-15-17-21-25-29(3)32/h22,26,28,30-31,33H,4-21,23-25,27H2,1-3H3,(H,34,35,36)/b26-22+. The molecule has 0 saturated heterocycles. The SMILES string of the molecule is CCC(C)CCCCCCCCCCCCCC/C=C/C(O)C(CCCCCCCC(C)=O)OS(=O)(=O)O. The summed E-state index contributed by atoms with van der Waals surface area (Å²) < 4.78 is 36.2. The number of rotatable bonds is 28. The van der Waals surface area contributed by atoms with Crippen molar-refractivity contribution in [2.45, 2.75) is 174 Å². The smallest absolute Gasteiger partial charge is 0.386 e. The maximum absolute atomic E-state index is 11.2. The van der Waals surface area contributed by atoms with Crippen LogP contribution in [0, 0.1) is 5.92 Å². The van der Waals surface area contributed by atoms with Gasteiger partial charge in [-0.05, 0) is 38.5 Å². The number of hydrogen-bond acceptors (Lipinski definition) is 5. The quantitative estimate of drug-likeness (QED) is 0.0563. The van der Waals surface area contributed by atoms with Crippen molar-refractivity contribution in [2.24, 2.45) is 5.92 Å². The van der Waals surface area contributed by atoms with Crippen LogP contribution in [0.25, 0.3) is 0 Å². The van der Waals surface area contributed by atoms with Crippen molar-refractivity contribution in [2.75, 3.05) is 0 Å². The molecule has 0 aliphatic carbocycles. The zero-order chi connectivity index (χ0) is 28.5. The Balaban J connectivity index is 3.82. The van der Waals surface area contributed by atoms with E-state index < -0.39 is 22.6 Å². The third kappa shape index (κ3) is 26.8. The van der Waals surface area contributed by atoms with E-state index in [1.807, 2.05) is 6.08 Å². The fourth-order valence-electron chi connectivity index (χ4n) is 4.77. The summed E-state index contributed by atoms with van der Waals surface area (Å²) in [6.07, 6.45) is 25.9. The van der Waals surface area contributed by atoms with Gasteiger partial charge in [-0.1, -0.05) is 135 Å². The van der Waals surface area contributed by atoms with Crippen molar-refractivity contribution < 1.29 is 27.1 Å². The van der Waals surface area contributed by atoms with Crippen LogP contribution < -0.4 is 0 Å². The number of ketones is 1. The van der Waals surface area contributed by atoms with Crippen LogP contribution in [0.5, 0.6) is 0 Å². The number of unbranched alkanes of at least 4 members (excludes halogenated alkanes) is 16. The van der Waals surface area contributed by atoms with Crippen LogP contribution in [-0.4, -0.2) is 36.1 Å². The maximum Gasteiger partial charge on any atom is 0.397 e. The van der Waals surface area contributed by atoms with Crippen molar-refractivity contribution in [3.63, 3.8) is 0 Å². The van der Waals surface area contributed by atoms with Crippen LogP contribution in [0.3, 0.4) is 0 Å². The van der Waals surface area contributed by atoms with E-state index in [4.69, 9.17) is 8.74 Å². The van der Waals surface area contributed by atoms with Crippen LogP contribution in [0.15, 0.2) is 12.2 Å². The van der Waals surface area contributed by atoms with E-state index in [0.717, 1.165) is 50.9 Å². The van der Waals surface area contributed by atoms with E-state index in [9.17, 15) is 18.3 Å². The van der Waals surface area contributed by atoms with E-state index in [0.29, 0.717) is 19.3 Å². The van der Waals surface area contributed by atoms with Gasteiger partial charge in [0.1, 0.15) is 11.9 Å². The van der Waals surface area contributed by atoms with Crippen LogP contribution in [0.4, 0.5) is 0 Å².